The number of halogens is 1. The van der Waals surface area contributed by atoms with Crippen LogP contribution in [0.2, 0.25) is 5.02 Å². The molecule has 0 spiro atoms. The topological polar surface area (TPSA) is 118 Å². The van der Waals surface area contributed by atoms with Crippen molar-refractivity contribution in [2.45, 2.75) is 13.3 Å². The number of hydrogen-bond acceptors (Lipinski definition) is 6. The zero-order valence-corrected chi connectivity index (χ0v) is 18.8. The van der Waals surface area contributed by atoms with Crippen LogP contribution in [0.25, 0.3) is 0 Å². The number of non-ortho nitro benzene ring substituents is 1. The number of Topliss-reactive ketones (excluding diaryl/α,β-unsaturated/α-hetero) is 1. The first kappa shape index (κ1) is 23.3. The number of allylic oxidation sites excluding steroid dienone is 2. The molecule has 0 N–H and O–H groups in total. The van der Waals surface area contributed by atoms with Gasteiger partial charge in [0.2, 0.25) is 0 Å². The standard InChI is InChI=1S/C24H20ClN3O6/c1-14-3-2-4-19-21(14)24(32)27(23(19)31)26(22(30)16-5-9-17(25)10-6-16)13-20(29)15-7-11-18(12-8-15)28(33)34/h2-3,5-12,14,19,21H,4,13H2,1H3/t14-,19-,21+/m1/s1. The zero-order chi connectivity index (χ0) is 24.6. The van der Waals surface area contributed by atoms with Gasteiger partial charge in [-0.2, -0.15) is 5.01 Å². The third-order valence-corrected chi connectivity index (χ3v) is 6.36. The van der Waals surface area contributed by atoms with Crippen molar-refractivity contribution in [2.75, 3.05) is 6.54 Å². The zero-order valence-electron chi connectivity index (χ0n) is 18.1. The lowest BCUT2D eigenvalue weighted by Gasteiger charge is -2.30. The highest BCUT2D eigenvalue weighted by molar-refractivity contribution is 6.30. The molecule has 2 aromatic rings. The number of hydrazine groups is 1. The summed E-state index contributed by atoms with van der Waals surface area (Å²) in [6, 6.07) is 10.7. The molecule has 2 aliphatic rings. The molecule has 10 heteroatoms. The van der Waals surface area contributed by atoms with E-state index in [2.05, 4.69) is 0 Å². The van der Waals surface area contributed by atoms with E-state index in [1.165, 1.54) is 48.5 Å². The number of nitrogens with zero attached hydrogens (tertiary/aromatic N) is 3. The number of nitro benzene ring substituents is 1. The predicted octanol–water partition coefficient (Wildman–Crippen LogP) is 3.69. The molecule has 1 aliphatic carbocycles. The van der Waals surface area contributed by atoms with Crippen LogP contribution < -0.4 is 0 Å². The van der Waals surface area contributed by atoms with Crippen LogP contribution in [0.15, 0.2) is 60.7 Å². The van der Waals surface area contributed by atoms with Crippen molar-refractivity contribution >= 4 is 40.8 Å². The van der Waals surface area contributed by atoms with Crippen LogP contribution in [0.3, 0.4) is 0 Å². The van der Waals surface area contributed by atoms with Crippen LogP contribution in [-0.2, 0) is 9.59 Å². The normalized spacial score (nSPS) is 21.4. The number of amides is 3. The Hall–Kier alpha value is -3.85. The van der Waals surface area contributed by atoms with E-state index in [1.54, 1.807) is 0 Å². The van der Waals surface area contributed by atoms with Gasteiger partial charge in [0, 0.05) is 28.3 Å². The van der Waals surface area contributed by atoms with E-state index in [4.69, 9.17) is 11.6 Å². The number of rotatable bonds is 6. The van der Waals surface area contributed by atoms with E-state index in [9.17, 15) is 29.3 Å². The molecule has 174 valence electrons. The third-order valence-electron chi connectivity index (χ3n) is 6.11. The van der Waals surface area contributed by atoms with Gasteiger partial charge in [-0.15, -0.1) is 0 Å². The summed E-state index contributed by atoms with van der Waals surface area (Å²) in [7, 11) is 0. The monoisotopic (exact) mass is 481 g/mol. The molecule has 1 aliphatic heterocycles. The Bertz CT molecular complexity index is 1210. The van der Waals surface area contributed by atoms with Crippen molar-refractivity contribution in [1.29, 1.82) is 0 Å². The summed E-state index contributed by atoms with van der Waals surface area (Å²) >= 11 is 5.91. The van der Waals surface area contributed by atoms with E-state index in [0.717, 1.165) is 10.0 Å². The Morgan fingerprint density at radius 3 is 2.26 bits per heavy atom. The largest absolute Gasteiger partial charge is 0.292 e. The Balaban J connectivity index is 1.68. The van der Waals surface area contributed by atoms with Crippen LogP contribution in [0.5, 0.6) is 0 Å². The maximum absolute atomic E-state index is 13.4. The molecule has 34 heavy (non-hydrogen) atoms. The van der Waals surface area contributed by atoms with Crippen molar-refractivity contribution < 1.29 is 24.1 Å². The molecule has 0 saturated carbocycles. The minimum Gasteiger partial charge on any atom is -0.292 e. The number of nitro groups is 1. The van der Waals surface area contributed by atoms with Gasteiger partial charge in [0.05, 0.1) is 16.8 Å². The number of benzene rings is 2. The van der Waals surface area contributed by atoms with Crippen molar-refractivity contribution in [3.63, 3.8) is 0 Å². The number of carbonyl (C=O) groups is 4. The average molecular weight is 482 g/mol. The smallest absolute Gasteiger partial charge is 0.273 e. The van der Waals surface area contributed by atoms with E-state index in [0.29, 0.717) is 11.4 Å². The second-order valence-electron chi connectivity index (χ2n) is 8.24. The lowest BCUT2D eigenvalue weighted by atomic mass is 9.78. The molecule has 0 aromatic heterocycles. The summed E-state index contributed by atoms with van der Waals surface area (Å²) < 4.78 is 0. The second-order valence-corrected chi connectivity index (χ2v) is 8.68. The van der Waals surface area contributed by atoms with E-state index >= 15 is 0 Å². The number of hydrogen-bond donors (Lipinski definition) is 0. The molecular weight excluding hydrogens is 462 g/mol. The molecule has 0 unspecified atom stereocenters. The van der Waals surface area contributed by atoms with Crippen LogP contribution in [-0.4, -0.2) is 45.0 Å². The lowest BCUT2D eigenvalue weighted by molar-refractivity contribution is -0.384. The van der Waals surface area contributed by atoms with Crippen molar-refractivity contribution in [3.8, 4) is 0 Å². The van der Waals surface area contributed by atoms with Crippen LogP contribution in [0.4, 0.5) is 5.69 Å². The third kappa shape index (κ3) is 4.22. The summed E-state index contributed by atoms with van der Waals surface area (Å²) in [6.07, 6.45) is 4.08. The van der Waals surface area contributed by atoms with Gasteiger partial charge in [-0.05, 0) is 48.7 Å². The molecule has 0 bridgehead atoms. The number of fused-ring (bicyclic) bond motifs is 1. The van der Waals surface area contributed by atoms with Gasteiger partial charge in [-0.3, -0.25) is 29.3 Å². The van der Waals surface area contributed by atoms with Gasteiger partial charge < -0.3 is 0 Å². The molecule has 1 fully saturated rings. The highest BCUT2D eigenvalue weighted by Gasteiger charge is 2.53. The molecule has 3 atom stereocenters. The first-order chi connectivity index (χ1) is 16.2. The van der Waals surface area contributed by atoms with E-state index < -0.39 is 46.8 Å². The fraction of sp³-hybridized carbons (Fsp3) is 0.250. The maximum Gasteiger partial charge on any atom is 0.273 e. The van der Waals surface area contributed by atoms with Crippen molar-refractivity contribution in [3.05, 3.63) is 86.9 Å². The molecule has 3 amide bonds. The van der Waals surface area contributed by atoms with E-state index in [1.807, 2.05) is 19.1 Å². The highest BCUT2D eigenvalue weighted by Crippen LogP contribution is 2.39. The summed E-state index contributed by atoms with van der Waals surface area (Å²) in [5.74, 6) is -3.80. The Labute approximate surface area is 199 Å². The minimum absolute atomic E-state index is 0.103. The Morgan fingerprint density at radius 2 is 1.68 bits per heavy atom. The molecular formula is C24H20ClN3O6. The SMILES string of the molecule is C[C@@H]1C=CC[C@H]2C(=O)N(N(CC(=O)c3ccc([N+](=O)[O-])cc3)C(=O)c3ccc(Cl)cc3)C(=O)[C@@H]12. The first-order valence-corrected chi connectivity index (χ1v) is 11.0. The molecule has 0 radical (unpaired) electrons. The maximum atomic E-state index is 13.4. The highest BCUT2D eigenvalue weighted by atomic mass is 35.5. The van der Waals surface area contributed by atoms with E-state index in [-0.39, 0.29) is 22.7 Å². The predicted molar refractivity (Wildman–Crippen MR) is 122 cm³/mol. The number of carbonyl (C=O) groups excluding carboxylic acids is 4. The average Bonchev–Trinajstić information content (AvgIpc) is 3.08. The van der Waals surface area contributed by atoms with Gasteiger partial charge in [0.15, 0.2) is 5.78 Å². The Kier molecular flexibility index (Phi) is 6.30. The van der Waals surface area contributed by atoms with Gasteiger partial charge in [0.1, 0.15) is 6.54 Å². The van der Waals surface area contributed by atoms with Gasteiger partial charge in [-0.1, -0.05) is 30.7 Å². The van der Waals surface area contributed by atoms with Gasteiger partial charge in [-0.25, -0.2) is 5.01 Å². The quantitative estimate of drug-likeness (QED) is 0.204. The Morgan fingerprint density at radius 1 is 1.06 bits per heavy atom. The van der Waals surface area contributed by atoms with Crippen molar-refractivity contribution in [2.24, 2.45) is 17.8 Å². The van der Waals surface area contributed by atoms with Crippen LogP contribution >= 0.6 is 11.6 Å². The van der Waals surface area contributed by atoms with Gasteiger partial charge in [0.25, 0.3) is 23.4 Å². The molecule has 4 rings (SSSR count). The van der Waals surface area contributed by atoms with Crippen LogP contribution in [0, 0.1) is 27.9 Å². The molecule has 2 aromatic carbocycles. The first-order valence-electron chi connectivity index (χ1n) is 10.6. The fourth-order valence-corrected chi connectivity index (χ4v) is 4.47. The number of imide groups is 1. The summed E-state index contributed by atoms with van der Waals surface area (Å²) in [5.41, 5.74) is 0.0507. The van der Waals surface area contributed by atoms with Crippen LogP contribution in [0.1, 0.15) is 34.1 Å². The summed E-state index contributed by atoms with van der Waals surface area (Å²) in [5, 5.41) is 12.9. The molecule has 9 nitrogen and oxygen atoms in total. The lowest BCUT2D eigenvalue weighted by Crippen LogP contribution is -2.52. The van der Waals surface area contributed by atoms with Crippen molar-refractivity contribution in [1.82, 2.24) is 10.0 Å². The minimum atomic E-state index is -0.715. The number of ketones is 1. The molecule has 1 heterocycles. The second kappa shape index (κ2) is 9.18. The summed E-state index contributed by atoms with van der Waals surface area (Å²) in [4.78, 5) is 63.3. The summed E-state index contributed by atoms with van der Waals surface area (Å²) in [6.45, 7) is 1.23. The fourth-order valence-electron chi connectivity index (χ4n) is 4.34. The van der Waals surface area contributed by atoms with Gasteiger partial charge >= 0.3 is 0 Å². The molecule has 1 saturated heterocycles.